The number of rotatable bonds is 0. The Balaban J connectivity index is 2.22. The molecule has 1 saturated carbocycles. The van der Waals surface area contributed by atoms with Crippen molar-refractivity contribution in [3.63, 3.8) is 0 Å². The molecule has 0 aromatic rings. The molecule has 1 spiro atoms. The van der Waals surface area contributed by atoms with Crippen LogP contribution in [0.2, 0.25) is 0 Å². The fourth-order valence-electron chi connectivity index (χ4n) is 3.41. The first kappa shape index (κ1) is 12.6. The van der Waals surface area contributed by atoms with Crippen molar-refractivity contribution in [3.8, 4) is 0 Å². The van der Waals surface area contributed by atoms with Gasteiger partial charge in [-0.2, -0.15) is 0 Å². The third kappa shape index (κ3) is 2.38. The minimum Gasteiger partial charge on any atom is -0.296 e. The van der Waals surface area contributed by atoms with Crippen LogP contribution in [0, 0.1) is 16.7 Å². The van der Waals surface area contributed by atoms with Crippen molar-refractivity contribution in [2.24, 2.45) is 16.7 Å². The largest absolute Gasteiger partial charge is 0.296 e. The highest BCUT2D eigenvalue weighted by atomic mass is 16.2. The molecule has 17 heavy (non-hydrogen) atoms. The number of nitrogens with one attached hydrogen (secondary N) is 1. The number of hydrogen-bond acceptors (Lipinski definition) is 2. The number of carbonyl (C=O) groups is 2. The van der Waals surface area contributed by atoms with Gasteiger partial charge in [-0.1, -0.05) is 27.2 Å². The molecule has 3 nitrogen and oxygen atoms in total. The maximum Gasteiger partial charge on any atom is 0.229 e. The zero-order chi connectivity index (χ0) is 12.7. The normalized spacial score (nSPS) is 37.7. The third-order valence-corrected chi connectivity index (χ3v) is 4.91. The van der Waals surface area contributed by atoms with Crippen molar-refractivity contribution in [1.82, 2.24) is 5.32 Å². The van der Waals surface area contributed by atoms with E-state index in [2.05, 4.69) is 19.2 Å². The van der Waals surface area contributed by atoms with Crippen molar-refractivity contribution in [3.05, 3.63) is 0 Å². The fourth-order valence-corrected chi connectivity index (χ4v) is 3.41. The zero-order valence-corrected chi connectivity index (χ0v) is 11.1. The van der Waals surface area contributed by atoms with Crippen LogP contribution in [0.25, 0.3) is 0 Å². The van der Waals surface area contributed by atoms with Crippen LogP contribution in [0.1, 0.15) is 59.3 Å². The second kappa shape index (κ2) is 4.11. The summed E-state index contributed by atoms with van der Waals surface area (Å²) in [6.45, 7) is 6.57. The van der Waals surface area contributed by atoms with Gasteiger partial charge in [0.25, 0.3) is 0 Å². The van der Waals surface area contributed by atoms with E-state index in [-0.39, 0.29) is 23.1 Å². The zero-order valence-electron chi connectivity index (χ0n) is 11.1. The summed E-state index contributed by atoms with van der Waals surface area (Å²) in [6, 6.07) is 0. The monoisotopic (exact) mass is 237 g/mol. The number of hydrogen-bond donors (Lipinski definition) is 1. The SMILES string of the molecule is CC1C(=O)NC(=O)CC12CCCC(C)(C)CC2. The molecule has 1 N–H and O–H groups in total. The summed E-state index contributed by atoms with van der Waals surface area (Å²) in [6.07, 6.45) is 6.04. The summed E-state index contributed by atoms with van der Waals surface area (Å²) in [7, 11) is 0. The molecular formula is C14H23NO2. The molecule has 3 heteroatoms. The minimum atomic E-state index is -0.0761. The van der Waals surface area contributed by atoms with Gasteiger partial charge in [0, 0.05) is 12.3 Å². The first-order chi connectivity index (χ1) is 7.85. The molecule has 0 aromatic heterocycles. The predicted molar refractivity (Wildman–Crippen MR) is 66.2 cm³/mol. The Hall–Kier alpha value is -0.860. The summed E-state index contributed by atoms with van der Waals surface area (Å²) >= 11 is 0. The quantitative estimate of drug-likeness (QED) is 0.658. The predicted octanol–water partition coefficient (Wildman–Crippen LogP) is 2.65. The highest BCUT2D eigenvalue weighted by molar-refractivity contribution is 5.99. The number of piperidine rings is 1. The van der Waals surface area contributed by atoms with Crippen LogP contribution in [-0.4, -0.2) is 11.8 Å². The van der Waals surface area contributed by atoms with Gasteiger partial charge < -0.3 is 0 Å². The van der Waals surface area contributed by atoms with Gasteiger partial charge in [-0.15, -0.1) is 0 Å². The van der Waals surface area contributed by atoms with E-state index in [0.29, 0.717) is 11.8 Å². The molecule has 1 saturated heterocycles. The highest BCUT2D eigenvalue weighted by Gasteiger charge is 2.47. The fraction of sp³-hybridized carbons (Fsp3) is 0.857. The molecule has 2 fully saturated rings. The molecule has 96 valence electrons. The van der Waals surface area contributed by atoms with E-state index in [1.54, 1.807) is 0 Å². The van der Waals surface area contributed by atoms with E-state index < -0.39 is 0 Å². The van der Waals surface area contributed by atoms with Gasteiger partial charge in [0.1, 0.15) is 0 Å². The van der Waals surface area contributed by atoms with E-state index in [0.717, 1.165) is 25.7 Å². The first-order valence-corrected chi connectivity index (χ1v) is 6.68. The summed E-state index contributed by atoms with van der Waals surface area (Å²) in [5, 5.41) is 2.46. The molecule has 0 bridgehead atoms. The lowest BCUT2D eigenvalue weighted by Crippen LogP contribution is -2.51. The van der Waals surface area contributed by atoms with Crippen LogP contribution in [0.15, 0.2) is 0 Å². The summed E-state index contributed by atoms with van der Waals surface area (Å²) in [5.74, 6) is -0.164. The van der Waals surface area contributed by atoms with Gasteiger partial charge in [-0.3, -0.25) is 14.9 Å². The standard InChI is InChI=1S/C14H23NO2/c1-10-12(17)15-11(16)9-14(10)6-4-5-13(2,3)7-8-14/h10H,4-9H2,1-3H3,(H,15,16,17). The Labute approximate surface area is 103 Å². The van der Waals surface area contributed by atoms with Crippen LogP contribution in [0.3, 0.4) is 0 Å². The molecule has 1 heterocycles. The molecule has 2 aliphatic rings. The topological polar surface area (TPSA) is 46.2 Å². The van der Waals surface area contributed by atoms with E-state index >= 15 is 0 Å². The second-order valence-electron chi connectivity index (χ2n) is 6.69. The Morgan fingerprint density at radius 3 is 2.53 bits per heavy atom. The van der Waals surface area contributed by atoms with E-state index in [1.807, 2.05) is 6.92 Å². The van der Waals surface area contributed by atoms with Crippen LogP contribution in [-0.2, 0) is 9.59 Å². The van der Waals surface area contributed by atoms with E-state index in [1.165, 1.54) is 6.42 Å². The van der Waals surface area contributed by atoms with Crippen molar-refractivity contribution in [2.75, 3.05) is 0 Å². The molecule has 2 rings (SSSR count). The van der Waals surface area contributed by atoms with E-state index in [9.17, 15) is 9.59 Å². The van der Waals surface area contributed by atoms with Crippen molar-refractivity contribution in [1.29, 1.82) is 0 Å². The highest BCUT2D eigenvalue weighted by Crippen LogP contribution is 2.49. The Morgan fingerprint density at radius 1 is 1.12 bits per heavy atom. The second-order valence-corrected chi connectivity index (χ2v) is 6.69. The smallest absolute Gasteiger partial charge is 0.229 e. The summed E-state index contributed by atoms with van der Waals surface area (Å²) in [5.41, 5.74) is 0.299. The Morgan fingerprint density at radius 2 is 1.82 bits per heavy atom. The van der Waals surface area contributed by atoms with Crippen molar-refractivity contribution >= 4 is 11.8 Å². The van der Waals surface area contributed by atoms with Gasteiger partial charge >= 0.3 is 0 Å². The Bertz CT molecular complexity index is 348. The number of imide groups is 1. The van der Waals surface area contributed by atoms with Crippen LogP contribution in [0.5, 0.6) is 0 Å². The number of amides is 2. The molecular weight excluding hydrogens is 214 g/mol. The average Bonchev–Trinajstić information content (AvgIpc) is 2.36. The lowest BCUT2D eigenvalue weighted by molar-refractivity contribution is -0.143. The lowest BCUT2D eigenvalue weighted by atomic mass is 9.65. The van der Waals surface area contributed by atoms with Crippen LogP contribution in [0.4, 0.5) is 0 Å². The van der Waals surface area contributed by atoms with Crippen molar-refractivity contribution < 1.29 is 9.59 Å². The average molecular weight is 237 g/mol. The first-order valence-electron chi connectivity index (χ1n) is 6.68. The number of carbonyl (C=O) groups excluding carboxylic acids is 2. The maximum atomic E-state index is 11.8. The van der Waals surface area contributed by atoms with Gasteiger partial charge in [0.05, 0.1) is 0 Å². The molecule has 0 aromatic carbocycles. The maximum absolute atomic E-state index is 11.8. The molecule has 1 aliphatic heterocycles. The van der Waals surface area contributed by atoms with Crippen molar-refractivity contribution in [2.45, 2.75) is 59.3 Å². The summed E-state index contributed by atoms with van der Waals surface area (Å²) < 4.78 is 0. The van der Waals surface area contributed by atoms with Gasteiger partial charge in [-0.25, -0.2) is 0 Å². The molecule has 1 aliphatic carbocycles. The molecule has 2 atom stereocenters. The summed E-state index contributed by atoms with van der Waals surface area (Å²) in [4.78, 5) is 23.5. The molecule has 2 unspecified atom stereocenters. The van der Waals surface area contributed by atoms with Gasteiger partial charge in [0.15, 0.2) is 0 Å². The molecule has 0 radical (unpaired) electrons. The lowest BCUT2D eigenvalue weighted by Gasteiger charge is -2.41. The van der Waals surface area contributed by atoms with Gasteiger partial charge in [0.2, 0.25) is 11.8 Å². The Kier molecular flexibility index (Phi) is 3.04. The van der Waals surface area contributed by atoms with Crippen LogP contribution >= 0.6 is 0 Å². The van der Waals surface area contributed by atoms with E-state index in [4.69, 9.17) is 0 Å². The minimum absolute atomic E-state index is 0.0194. The third-order valence-electron chi connectivity index (χ3n) is 4.91. The van der Waals surface area contributed by atoms with Crippen LogP contribution < -0.4 is 5.32 Å². The molecule has 2 amide bonds. The van der Waals surface area contributed by atoms with Gasteiger partial charge in [-0.05, 0) is 36.5 Å².